The zero-order valence-corrected chi connectivity index (χ0v) is 10.5. The second kappa shape index (κ2) is 4.30. The Balaban J connectivity index is 1.79. The van der Waals surface area contributed by atoms with Crippen LogP contribution in [0.15, 0.2) is 29.8 Å². The fourth-order valence-electron chi connectivity index (χ4n) is 1.54. The molecule has 0 atom stereocenters. The first-order valence-corrected chi connectivity index (χ1v) is 6.29. The number of imidazole rings is 1. The zero-order valence-electron chi connectivity index (χ0n) is 9.69. The van der Waals surface area contributed by atoms with Gasteiger partial charge >= 0.3 is 0 Å². The lowest BCUT2D eigenvalue weighted by molar-refractivity contribution is 0.795. The molecular formula is C10H11N7S. The van der Waals surface area contributed by atoms with Crippen molar-refractivity contribution < 1.29 is 0 Å². The summed E-state index contributed by atoms with van der Waals surface area (Å²) in [5, 5.41) is 8.56. The Morgan fingerprint density at radius 3 is 3.00 bits per heavy atom. The van der Waals surface area contributed by atoms with E-state index in [0.717, 1.165) is 10.9 Å². The normalized spacial score (nSPS) is 11.2. The van der Waals surface area contributed by atoms with Gasteiger partial charge in [-0.15, -0.1) is 10.2 Å². The highest BCUT2D eigenvalue weighted by Crippen LogP contribution is 2.20. The van der Waals surface area contributed by atoms with Crippen LogP contribution in [0.2, 0.25) is 0 Å². The van der Waals surface area contributed by atoms with Crippen LogP contribution in [0.25, 0.3) is 5.78 Å². The third-order valence-electron chi connectivity index (χ3n) is 2.50. The van der Waals surface area contributed by atoms with Crippen molar-refractivity contribution in [2.24, 2.45) is 7.05 Å². The van der Waals surface area contributed by atoms with Crippen LogP contribution < -0.4 is 5.73 Å². The Labute approximate surface area is 107 Å². The number of rotatable bonds is 3. The van der Waals surface area contributed by atoms with Crippen molar-refractivity contribution in [1.29, 1.82) is 0 Å². The molecule has 0 unspecified atom stereocenters. The van der Waals surface area contributed by atoms with E-state index in [1.54, 1.807) is 22.5 Å². The van der Waals surface area contributed by atoms with E-state index in [-0.39, 0.29) is 0 Å². The van der Waals surface area contributed by atoms with Crippen LogP contribution in [0.4, 0.5) is 5.95 Å². The van der Waals surface area contributed by atoms with Crippen molar-refractivity contribution in [3.8, 4) is 0 Å². The number of hydrogen-bond acceptors (Lipinski definition) is 6. The van der Waals surface area contributed by atoms with E-state index in [0.29, 0.717) is 17.5 Å². The van der Waals surface area contributed by atoms with Crippen LogP contribution in [-0.2, 0) is 12.8 Å². The molecule has 0 saturated heterocycles. The molecule has 3 heterocycles. The molecule has 0 aliphatic heterocycles. The van der Waals surface area contributed by atoms with Gasteiger partial charge in [-0.2, -0.15) is 0 Å². The van der Waals surface area contributed by atoms with Crippen molar-refractivity contribution in [2.75, 3.05) is 5.73 Å². The minimum absolute atomic E-state index is 0.411. The van der Waals surface area contributed by atoms with Gasteiger partial charge in [-0.25, -0.2) is 9.97 Å². The largest absolute Gasteiger partial charge is 0.368 e. The van der Waals surface area contributed by atoms with Crippen molar-refractivity contribution in [1.82, 2.24) is 29.1 Å². The summed E-state index contributed by atoms with van der Waals surface area (Å²) in [6, 6.07) is 1.87. The summed E-state index contributed by atoms with van der Waals surface area (Å²) in [5.74, 6) is 1.81. The fourth-order valence-corrected chi connectivity index (χ4v) is 2.34. The smallest absolute Gasteiger partial charge is 0.233 e. The highest BCUT2D eigenvalue weighted by atomic mass is 32.2. The Morgan fingerprint density at radius 1 is 1.39 bits per heavy atom. The lowest BCUT2D eigenvalue weighted by Gasteiger charge is -1.98. The van der Waals surface area contributed by atoms with Gasteiger partial charge in [0.15, 0.2) is 5.16 Å². The summed E-state index contributed by atoms with van der Waals surface area (Å²) < 4.78 is 3.64. The first-order chi connectivity index (χ1) is 8.74. The zero-order chi connectivity index (χ0) is 12.5. The second-order valence-electron chi connectivity index (χ2n) is 3.75. The van der Waals surface area contributed by atoms with Gasteiger partial charge in [0.2, 0.25) is 11.7 Å². The maximum atomic E-state index is 5.62. The summed E-state index contributed by atoms with van der Waals surface area (Å²) in [4.78, 5) is 8.57. The molecule has 8 heteroatoms. The van der Waals surface area contributed by atoms with E-state index in [4.69, 9.17) is 5.73 Å². The lowest BCUT2D eigenvalue weighted by Crippen LogP contribution is -1.98. The van der Waals surface area contributed by atoms with Crippen LogP contribution in [0.3, 0.4) is 0 Å². The van der Waals surface area contributed by atoms with Crippen LogP contribution in [0, 0.1) is 0 Å². The van der Waals surface area contributed by atoms with Gasteiger partial charge in [-0.05, 0) is 6.07 Å². The first-order valence-electron chi connectivity index (χ1n) is 5.30. The molecule has 0 saturated carbocycles. The molecule has 0 amide bonds. The van der Waals surface area contributed by atoms with Gasteiger partial charge < -0.3 is 5.73 Å². The van der Waals surface area contributed by atoms with Crippen molar-refractivity contribution >= 4 is 23.5 Å². The standard InChI is InChI=1S/C10H11N7S/c1-16-8(11)14-15-10(16)18-6-7-5-17-4-2-3-12-9(17)13-7/h2-5H,6H2,1H3,(H2,11,14). The molecule has 0 aliphatic rings. The van der Waals surface area contributed by atoms with Gasteiger partial charge in [-0.3, -0.25) is 8.97 Å². The quantitative estimate of drug-likeness (QED) is 0.699. The van der Waals surface area contributed by atoms with Gasteiger partial charge in [-0.1, -0.05) is 11.8 Å². The summed E-state index contributed by atoms with van der Waals surface area (Å²) in [7, 11) is 1.84. The Bertz CT molecular complexity index is 653. The Morgan fingerprint density at radius 2 is 2.28 bits per heavy atom. The van der Waals surface area contributed by atoms with Crippen LogP contribution >= 0.6 is 11.8 Å². The van der Waals surface area contributed by atoms with Crippen molar-refractivity contribution in [3.05, 3.63) is 30.4 Å². The van der Waals surface area contributed by atoms with E-state index in [2.05, 4.69) is 20.2 Å². The van der Waals surface area contributed by atoms with E-state index in [1.165, 1.54) is 0 Å². The molecule has 3 aromatic rings. The number of anilines is 1. The van der Waals surface area contributed by atoms with Gasteiger partial charge in [0.05, 0.1) is 5.69 Å². The molecule has 2 N–H and O–H groups in total. The molecule has 0 aliphatic carbocycles. The van der Waals surface area contributed by atoms with E-state index < -0.39 is 0 Å². The summed E-state index contributed by atoms with van der Waals surface area (Å²) in [6.07, 6.45) is 5.60. The molecule has 7 nitrogen and oxygen atoms in total. The monoisotopic (exact) mass is 261 g/mol. The highest BCUT2D eigenvalue weighted by molar-refractivity contribution is 7.98. The summed E-state index contributed by atoms with van der Waals surface area (Å²) in [5.41, 5.74) is 6.56. The number of thioether (sulfide) groups is 1. The van der Waals surface area contributed by atoms with Crippen LogP contribution in [-0.4, -0.2) is 29.1 Å². The lowest BCUT2D eigenvalue weighted by atomic mass is 10.6. The number of nitrogens with zero attached hydrogens (tertiary/aromatic N) is 6. The maximum Gasteiger partial charge on any atom is 0.233 e. The summed E-state index contributed by atoms with van der Waals surface area (Å²) >= 11 is 1.54. The maximum absolute atomic E-state index is 5.62. The molecular weight excluding hydrogens is 250 g/mol. The topological polar surface area (TPSA) is 86.9 Å². The summed E-state index contributed by atoms with van der Waals surface area (Å²) in [6.45, 7) is 0. The predicted octanol–water partition coefficient (Wildman–Crippen LogP) is 0.732. The van der Waals surface area contributed by atoms with Gasteiger partial charge in [0.1, 0.15) is 0 Å². The van der Waals surface area contributed by atoms with E-state index >= 15 is 0 Å². The minimum atomic E-state index is 0.411. The second-order valence-corrected chi connectivity index (χ2v) is 4.69. The molecule has 3 aromatic heterocycles. The molecule has 92 valence electrons. The van der Waals surface area contributed by atoms with Gasteiger partial charge in [0.25, 0.3) is 0 Å². The van der Waals surface area contributed by atoms with Crippen LogP contribution in [0.1, 0.15) is 5.69 Å². The number of nitrogen functional groups attached to an aromatic ring is 1. The van der Waals surface area contributed by atoms with Crippen molar-refractivity contribution in [2.45, 2.75) is 10.9 Å². The third kappa shape index (κ3) is 1.90. The molecule has 0 radical (unpaired) electrons. The molecule has 0 spiro atoms. The SMILES string of the molecule is Cn1c(N)nnc1SCc1cn2cccnc2n1. The Hall–Kier alpha value is -2.09. The Kier molecular flexibility index (Phi) is 2.63. The average Bonchev–Trinajstić information content (AvgIpc) is 2.92. The molecule has 18 heavy (non-hydrogen) atoms. The van der Waals surface area contributed by atoms with E-state index in [9.17, 15) is 0 Å². The van der Waals surface area contributed by atoms with Crippen molar-refractivity contribution in [3.63, 3.8) is 0 Å². The third-order valence-corrected chi connectivity index (χ3v) is 3.56. The number of fused-ring (bicyclic) bond motifs is 1. The predicted molar refractivity (Wildman–Crippen MR) is 68.0 cm³/mol. The van der Waals surface area contributed by atoms with Gasteiger partial charge in [0, 0.05) is 31.4 Å². The number of hydrogen-bond donors (Lipinski definition) is 1. The first kappa shape index (κ1) is 11.0. The fraction of sp³-hybridized carbons (Fsp3) is 0.200. The number of nitrogens with two attached hydrogens (primary N) is 1. The number of aromatic nitrogens is 6. The molecule has 3 rings (SSSR count). The minimum Gasteiger partial charge on any atom is -0.368 e. The van der Waals surface area contributed by atoms with E-state index in [1.807, 2.05) is 29.9 Å². The van der Waals surface area contributed by atoms with Crippen LogP contribution in [0.5, 0.6) is 0 Å². The molecule has 0 bridgehead atoms. The average molecular weight is 261 g/mol. The highest BCUT2D eigenvalue weighted by Gasteiger charge is 2.08. The molecule has 0 aromatic carbocycles. The molecule has 0 fully saturated rings.